The zero-order valence-corrected chi connectivity index (χ0v) is 14.8. The van der Waals surface area contributed by atoms with Gasteiger partial charge in [0, 0.05) is 16.6 Å². The molecule has 0 saturated heterocycles. The Balaban J connectivity index is 3.23. The molecule has 0 aliphatic rings. The van der Waals surface area contributed by atoms with Gasteiger partial charge in [-0.05, 0) is 40.4 Å². The van der Waals surface area contributed by atoms with Gasteiger partial charge in [-0.1, -0.05) is 48.4 Å². The van der Waals surface area contributed by atoms with E-state index < -0.39 is 0 Å². The second kappa shape index (κ2) is 8.08. The summed E-state index contributed by atoms with van der Waals surface area (Å²) in [7, 11) is 0. The number of benzene rings is 1. The van der Waals surface area contributed by atoms with E-state index in [1.165, 1.54) is 5.57 Å². The number of hydrogen-bond donors (Lipinski definition) is 1. The largest absolute Gasteiger partial charge is 0.492 e. The molecule has 0 heterocycles. The van der Waals surface area contributed by atoms with Crippen molar-refractivity contribution in [1.29, 1.82) is 0 Å². The molecule has 0 unspecified atom stereocenters. The average Bonchev–Trinajstić information content (AvgIpc) is 2.34. The Morgan fingerprint density at radius 3 is 2.58 bits per heavy atom. The predicted molar refractivity (Wildman–Crippen MR) is 89.5 cm³/mol. The lowest BCUT2D eigenvalue weighted by Gasteiger charge is -2.14. The highest BCUT2D eigenvalue weighted by atomic mass is 79.9. The molecule has 0 saturated carbocycles. The second-order valence-corrected chi connectivity index (χ2v) is 6.50. The number of nitrogens with two attached hydrogens (primary N) is 1. The number of ether oxygens (including phenoxy) is 1. The third-order valence-electron chi connectivity index (χ3n) is 2.81. The molecule has 1 aromatic rings. The summed E-state index contributed by atoms with van der Waals surface area (Å²) >= 11 is 7.08. The van der Waals surface area contributed by atoms with Gasteiger partial charge in [0.2, 0.25) is 0 Å². The number of rotatable bonds is 6. The van der Waals surface area contributed by atoms with Crippen LogP contribution in [0.2, 0.25) is 0 Å². The molecule has 1 aromatic carbocycles. The van der Waals surface area contributed by atoms with Crippen molar-refractivity contribution in [3.8, 4) is 5.75 Å². The van der Waals surface area contributed by atoms with Gasteiger partial charge < -0.3 is 10.5 Å². The van der Waals surface area contributed by atoms with Crippen LogP contribution in [0, 0.1) is 5.92 Å². The van der Waals surface area contributed by atoms with Crippen LogP contribution in [0.3, 0.4) is 0 Å². The monoisotopic (exact) mass is 389 g/mol. The van der Waals surface area contributed by atoms with Crippen LogP contribution >= 0.6 is 31.9 Å². The maximum atomic E-state index is 5.84. The van der Waals surface area contributed by atoms with Gasteiger partial charge in [0.05, 0.1) is 11.1 Å². The molecule has 0 aromatic heterocycles. The Hall–Kier alpha value is -0.320. The normalized spacial score (nSPS) is 12.1. The van der Waals surface area contributed by atoms with Crippen LogP contribution < -0.4 is 10.5 Å². The molecular weight excluding hydrogens is 370 g/mol. The Labute approximate surface area is 132 Å². The summed E-state index contributed by atoms with van der Waals surface area (Å²) in [6.07, 6.45) is 3.12. The first-order valence-corrected chi connectivity index (χ1v) is 8.10. The van der Waals surface area contributed by atoms with E-state index in [2.05, 4.69) is 64.8 Å². The van der Waals surface area contributed by atoms with Crippen LogP contribution in [0.15, 0.2) is 26.7 Å². The average molecular weight is 391 g/mol. The first-order valence-electron chi connectivity index (χ1n) is 6.52. The molecule has 0 bridgehead atoms. The van der Waals surface area contributed by atoms with Crippen molar-refractivity contribution in [3.63, 3.8) is 0 Å². The molecule has 0 aliphatic carbocycles. The Morgan fingerprint density at radius 2 is 2.05 bits per heavy atom. The van der Waals surface area contributed by atoms with E-state index >= 15 is 0 Å². The first kappa shape index (κ1) is 16.7. The van der Waals surface area contributed by atoms with Crippen LogP contribution in [-0.4, -0.2) is 13.2 Å². The van der Waals surface area contributed by atoms with E-state index in [4.69, 9.17) is 10.5 Å². The number of hydrogen-bond acceptors (Lipinski definition) is 2. The van der Waals surface area contributed by atoms with E-state index in [9.17, 15) is 0 Å². The van der Waals surface area contributed by atoms with E-state index in [-0.39, 0.29) is 0 Å². The van der Waals surface area contributed by atoms with Crippen molar-refractivity contribution in [1.82, 2.24) is 0 Å². The highest BCUT2D eigenvalue weighted by Gasteiger charge is 2.10. The predicted octanol–water partition coefficient (Wildman–Crippen LogP) is 5.00. The zero-order chi connectivity index (χ0) is 14.4. The molecule has 0 radical (unpaired) electrons. The summed E-state index contributed by atoms with van der Waals surface area (Å²) in [5.74, 6) is 1.32. The summed E-state index contributed by atoms with van der Waals surface area (Å²) in [4.78, 5) is 0. The fourth-order valence-corrected chi connectivity index (χ4v) is 3.08. The van der Waals surface area contributed by atoms with Crippen molar-refractivity contribution in [2.45, 2.75) is 27.2 Å². The molecule has 0 aliphatic heterocycles. The minimum absolute atomic E-state index is 0.432. The van der Waals surface area contributed by atoms with Gasteiger partial charge in [0.15, 0.2) is 0 Å². The van der Waals surface area contributed by atoms with Crippen LogP contribution in [0.25, 0.3) is 6.08 Å². The van der Waals surface area contributed by atoms with Gasteiger partial charge >= 0.3 is 0 Å². The van der Waals surface area contributed by atoms with E-state index in [0.717, 1.165) is 26.7 Å². The Morgan fingerprint density at radius 1 is 1.37 bits per heavy atom. The molecular formula is C15H21Br2NO. The fourth-order valence-electron chi connectivity index (χ4n) is 1.70. The van der Waals surface area contributed by atoms with E-state index in [1.807, 2.05) is 6.07 Å². The highest BCUT2D eigenvalue weighted by Crippen LogP contribution is 2.35. The summed E-state index contributed by atoms with van der Waals surface area (Å²) in [6, 6.07) is 4.06. The van der Waals surface area contributed by atoms with Crippen molar-refractivity contribution in [3.05, 3.63) is 32.2 Å². The van der Waals surface area contributed by atoms with Gasteiger partial charge in [-0.2, -0.15) is 0 Å². The molecule has 2 nitrogen and oxygen atoms in total. The van der Waals surface area contributed by atoms with Gasteiger partial charge in [0.1, 0.15) is 5.75 Å². The molecule has 0 fully saturated rings. The summed E-state index contributed by atoms with van der Waals surface area (Å²) in [6.45, 7) is 7.67. The van der Waals surface area contributed by atoms with Crippen molar-refractivity contribution >= 4 is 37.9 Å². The maximum absolute atomic E-state index is 5.84. The van der Waals surface area contributed by atoms with E-state index in [1.54, 1.807) is 0 Å². The van der Waals surface area contributed by atoms with Crippen LogP contribution in [0.5, 0.6) is 5.75 Å². The van der Waals surface area contributed by atoms with Crippen molar-refractivity contribution in [2.24, 2.45) is 11.7 Å². The van der Waals surface area contributed by atoms with Gasteiger partial charge in [-0.15, -0.1) is 0 Å². The maximum Gasteiger partial charge on any atom is 0.140 e. The zero-order valence-electron chi connectivity index (χ0n) is 11.7. The topological polar surface area (TPSA) is 35.2 Å². The lowest BCUT2D eigenvalue weighted by molar-refractivity contribution is 0.315. The summed E-state index contributed by atoms with van der Waals surface area (Å²) in [5, 5.41) is 0. The molecule has 0 spiro atoms. The van der Waals surface area contributed by atoms with Crippen molar-refractivity contribution < 1.29 is 4.74 Å². The minimum atomic E-state index is 0.432. The standard InChI is InChI=1S/C15H21Br2NO/c1-4-5-19-15-11(6-12(9-18)10(2)3)7-13(16)8-14(15)17/h6-8,10H,4-5,9,18H2,1-3H3. The fraction of sp³-hybridized carbons (Fsp3) is 0.467. The van der Waals surface area contributed by atoms with Gasteiger partial charge in [-0.3, -0.25) is 0 Å². The third-order valence-corrected chi connectivity index (χ3v) is 3.85. The quantitative estimate of drug-likeness (QED) is 0.741. The lowest BCUT2D eigenvalue weighted by atomic mass is 10.00. The van der Waals surface area contributed by atoms with E-state index in [0.29, 0.717) is 19.1 Å². The van der Waals surface area contributed by atoms with Crippen LogP contribution in [-0.2, 0) is 0 Å². The molecule has 4 heteroatoms. The summed E-state index contributed by atoms with van der Waals surface area (Å²) in [5.41, 5.74) is 8.09. The van der Waals surface area contributed by atoms with Crippen LogP contribution in [0.1, 0.15) is 32.8 Å². The van der Waals surface area contributed by atoms with Gasteiger partial charge in [-0.25, -0.2) is 0 Å². The summed E-state index contributed by atoms with van der Waals surface area (Å²) < 4.78 is 7.83. The molecule has 2 N–H and O–H groups in total. The SMILES string of the molecule is CCCOc1c(Br)cc(Br)cc1C=C(CN)C(C)C. The Bertz CT molecular complexity index is 456. The first-order chi connectivity index (χ1) is 8.99. The Kier molecular flexibility index (Phi) is 7.11. The van der Waals surface area contributed by atoms with Crippen LogP contribution in [0.4, 0.5) is 0 Å². The second-order valence-electron chi connectivity index (χ2n) is 4.73. The lowest BCUT2D eigenvalue weighted by Crippen LogP contribution is -2.08. The smallest absolute Gasteiger partial charge is 0.140 e. The minimum Gasteiger partial charge on any atom is -0.492 e. The molecule has 0 amide bonds. The third kappa shape index (κ3) is 4.93. The molecule has 0 atom stereocenters. The van der Waals surface area contributed by atoms with Gasteiger partial charge in [0.25, 0.3) is 0 Å². The molecule has 19 heavy (non-hydrogen) atoms. The number of halogens is 2. The molecule has 106 valence electrons. The molecule has 1 rings (SSSR count). The van der Waals surface area contributed by atoms with Crippen molar-refractivity contribution in [2.75, 3.05) is 13.2 Å². The highest BCUT2D eigenvalue weighted by molar-refractivity contribution is 9.11.